The van der Waals surface area contributed by atoms with Crippen LogP contribution in [0, 0.1) is 11.6 Å². The van der Waals surface area contributed by atoms with Crippen LogP contribution >= 0.6 is 0 Å². The highest BCUT2D eigenvalue weighted by atomic mass is 19.1. The average Bonchev–Trinajstić information content (AvgIpc) is 2.53. The molecule has 0 bridgehead atoms. The van der Waals surface area contributed by atoms with Crippen LogP contribution in [0.3, 0.4) is 0 Å². The first-order valence-electron chi connectivity index (χ1n) is 8.05. The van der Waals surface area contributed by atoms with Crippen molar-refractivity contribution in [2.45, 2.75) is 45.1 Å². The number of hydrogen-bond donors (Lipinski definition) is 1. The van der Waals surface area contributed by atoms with Crippen molar-refractivity contribution in [1.29, 1.82) is 0 Å². The van der Waals surface area contributed by atoms with Crippen molar-refractivity contribution in [3.05, 3.63) is 35.4 Å². The fraction of sp³-hybridized carbons (Fsp3) is 0.529. The molecule has 0 saturated carbocycles. The summed E-state index contributed by atoms with van der Waals surface area (Å²) in [5, 5.41) is 2.76. The van der Waals surface area contributed by atoms with Crippen LogP contribution in [0.25, 0.3) is 0 Å². The largest absolute Gasteiger partial charge is 0.349 e. The molecule has 0 aliphatic carbocycles. The molecule has 1 saturated heterocycles. The second-order valence-electron chi connectivity index (χ2n) is 5.86. The minimum Gasteiger partial charge on any atom is -0.349 e. The Morgan fingerprint density at radius 3 is 2.57 bits per heavy atom. The van der Waals surface area contributed by atoms with Crippen molar-refractivity contribution >= 4 is 11.8 Å². The minimum atomic E-state index is -0.866. The summed E-state index contributed by atoms with van der Waals surface area (Å²) in [5.41, 5.74) is -0.159. The van der Waals surface area contributed by atoms with E-state index in [1.807, 2.05) is 11.8 Å². The van der Waals surface area contributed by atoms with E-state index in [-0.39, 0.29) is 17.5 Å². The Morgan fingerprint density at radius 1 is 1.26 bits per heavy atom. The summed E-state index contributed by atoms with van der Waals surface area (Å²) in [6.07, 6.45) is 3.73. The molecule has 2 amide bonds. The van der Waals surface area contributed by atoms with Crippen LogP contribution < -0.4 is 5.32 Å². The van der Waals surface area contributed by atoms with Gasteiger partial charge in [-0.2, -0.15) is 0 Å². The molecule has 1 aromatic rings. The Hall–Kier alpha value is -1.98. The number of nitrogens with one attached hydrogen (secondary N) is 1. The molecule has 0 unspecified atom stereocenters. The molecule has 1 aromatic carbocycles. The Balaban J connectivity index is 1.84. The molecule has 0 atom stereocenters. The summed E-state index contributed by atoms with van der Waals surface area (Å²) in [6, 6.07) is 2.81. The van der Waals surface area contributed by atoms with Gasteiger partial charge < -0.3 is 10.2 Å². The number of halogens is 2. The minimum absolute atomic E-state index is 0.0952. The molecule has 2 rings (SSSR count). The van der Waals surface area contributed by atoms with E-state index < -0.39 is 17.5 Å². The topological polar surface area (TPSA) is 49.4 Å². The third kappa shape index (κ3) is 4.74. The van der Waals surface area contributed by atoms with E-state index in [0.29, 0.717) is 38.4 Å². The lowest BCUT2D eigenvalue weighted by atomic mass is 10.0. The van der Waals surface area contributed by atoms with Crippen LogP contribution in [0.1, 0.15) is 49.4 Å². The van der Waals surface area contributed by atoms with E-state index in [4.69, 9.17) is 0 Å². The fourth-order valence-corrected chi connectivity index (χ4v) is 2.70. The smallest absolute Gasteiger partial charge is 0.254 e. The second-order valence-corrected chi connectivity index (χ2v) is 5.86. The molecule has 4 nitrogen and oxygen atoms in total. The number of hydrogen-bond acceptors (Lipinski definition) is 2. The van der Waals surface area contributed by atoms with Crippen molar-refractivity contribution in [3.8, 4) is 0 Å². The Morgan fingerprint density at radius 2 is 1.96 bits per heavy atom. The normalized spacial score (nSPS) is 15.5. The molecule has 126 valence electrons. The molecule has 1 fully saturated rings. The average molecular weight is 324 g/mol. The number of nitrogens with zero attached hydrogens (tertiary/aromatic N) is 1. The summed E-state index contributed by atoms with van der Waals surface area (Å²) in [5.74, 6) is -1.97. The zero-order valence-electron chi connectivity index (χ0n) is 13.3. The number of rotatable bonds is 5. The summed E-state index contributed by atoms with van der Waals surface area (Å²) in [6.45, 7) is 3.24. The number of piperidine rings is 1. The van der Waals surface area contributed by atoms with Gasteiger partial charge in [0.2, 0.25) is 5.91 Å². The number of benzene rings is 1. The third-order valence-corrected chi connectivity index (χ3v) is 4.10. The molecule has 1 heterocycles. The molecule has 1 aliphatic heterocycles. The summed E-state index contributed by atoms with van der Waals surface area (Å²) in [4.78, 5) is 25.8. The first-order valence-corrected chi connectivity index (χ1v) is 8.05. The van der Waals surface area contributed by atoms with Crippen molar-refractivity contribution in [2.75, 3.05) is 13.1 Å². The second kappa shape index (κ2) is 8.04. The maximum Gasteiger partial charge on any atom is 0.254 e. The predicted octanol–water partition coefficient (Wildman–Crippen LogP) is 2.88. The number of unbranched alkanes of at least 4 members (excludes halogenated alkanes) is 1. The lowest BCUT2D eigenvalue weighted by Crippen LogP contribution is -2.46. The number of amides is 2. The maximum atomic E-state index is 13.6. The van der Waals surface area contributed by atoms with Crippen LogP contribution in [-0.4, -0.2) is 35.8 Å². The number of carbonyl (C=O) groups is 2. The SMILES string of the molecule is CCCCC(=O)N1CCC(NC(=O)c2ccc(F)cc2F)CC1. The first kappa shape index (κ1) is 17.4. The lowest BCUT2D eigenvalue weighted by Gasteiger charge is -2.32. The predicted molar refractivity (Wildman–Crippen MR) is 83.0 cm³/mol. The molecule has 0 spiro atoms. The van der Waals surface area contributed by atoms with Crippen LogP contribution in [0.5, 0.6) is 0 Å². The van der Waals surface area contributed by atoms with Crippen molar-refractivity contribution in [1.82, 2.24) is 10.2 Å². The van der Waals surface area contributed by atoms with Gasteiger partial charge in [-0.15, -0.1) is 0 Å². The van der Waals surface area contributed by atoms with Gasteiger partial charge in [-0.3, -0.25) is 9.59 Å². The van der Waals surface area contributed by atoms with E-state index in [1.54, 1.807) is 0 Å². The van der Waals surface area contributed by atoms with E-state index in [1.165, 1.54) is 0 Å². The molecular formula is C17H22F2N2O2. The summed E-state index contributed by atoms with van der Waals surface area (Å²) in [7, 11) is 0. The molecule has 23 heavy (non-hydrogen) atoms. The molecule has 0 radical (unpaired) electrons. The monoisotopic (exact) mass is 324 g/mol. The van der Waals surface area contributed by atoms with Crippen LogP contribution in [0.15, 0.2) is 18.2 Å². The van der Waals surface area contributed by atoms with Crippen LogP contribution in [0.4, 0.5) is 8.78 Å². The van der Waals surface area contributed by atoms with E-state index >= 15 is 0 Å². The van der Waals surface area contributed by atoms with Gasteiger partial charge in [0.1, 0.15) is 11.6 Å². The Labute approximate surface area is 134 Å². The highest BCUT2D eigenvalue weighted by Crippen LogP contribution is 2.15. The molecule has 1 N–H and O–H groups in total. The van der Waals surface area contributed by atoms with Gasteiger partial charge in [0.25, 0.3) is 5.91 Å². The van der Waals surface area contributed by atoms with Gasteiger partial charge in [0, 0.05) is 31.6 Å². The maximum absolute atomic E-state index is 13.6. The van der Waals surface area contributed by atoms with E-state index in [9.17, 15) is 18.4 Å². The number of likely N-dealkylation sites (tertiary alicyclic amines) is 1. The molecule has 0 aromatic heterocycles. The standard InChI is InChI=1S/C17H22F2N2O2/c1-2-3-4-16(22)21-9-7-13(8-10-21)20-17(23)14-6-5-12(18)11-15(14)19/h5-6,11,13H,2-4,7-10H2,1H3,(H,20,23). The van der Waals surface area contributed by atoms with Crippen molar-refractivity contribution in [3.63, 3.8) is 0 Å². The van der Waals surface area contributed by atoms with Gasteiger partial charge in [-0.25, -0.2) is 8.78 Å². The quantitative estimate of drug-likeness (QED) is 0.905. The van der Waals surface area contributed by atoms with Gasteiger partial charge >= 0.3 is 0 Å². The van der Waals surface area contributed by atoms with E-state index in [2.05, 4.69) is 5.32 Å². The Bertz CT molecular complexity index is 570. The van der Waals surface area contributed by atoms with Gasteiger partial charge in [-0.05, 0) is 31.4 Å². The van der Waals surface area contributed by atoms with Gasteiger partial charge in [0.05, 0.1) is 5.56 Å². The highest BCUT2D eigenvalue weighted by molar-refractivity contribution is 5.94. The van der Waals surface area contributed by atoms with Gasteiger partial charge in [-0.1, -0.05) is 13.3 Å². The third-order valence-electron chi connectivity index (χ3n) is 4.10. The van der Waals surface area contributed by atoms with Crippen LogP contribution in [0.2, 0.25) is 0 Å². The van der Waals surface area contributed by atoms with Crippen LogP contribution in [-0.2, 0) is 4.79 Å². The summed E-state index contributed by atoms with van der Waals surface area (Å²) >= 11 is 0. The van der Waals surface area contributed by atoms with Gasteiger partial charge in [0.15, 0.2) is 0 Å². The fourth-order valence-electron chi connectivity index (χ4n) is 2.70. The zero-order valence-corrected chi connectivity index (χ0v) is 13.3. The first-order chi connectivity index (χ1) is 11.0. The lowest BCUT2D eigenvalue weighted by molar-refractivity contribution is -0.132. The van der Waals surface area contributed by atoms with Crippen molar-refractivity contribution in [2.24, 2.45) is 0 Å². The highest BCUT2D eigenvalue weighted by Gasteiger charge is 2.24. The number of carbonyl (C=O) groups excluding carboxylic acids is 2. The zero-order chi connectivity index (χ0) is 16.8. The molecular weight excluding hydrogens is 302 g/mol. The summed E-state index contributed by atoms with van der Waals surface area (Å²) < 4.78 is 26.5. The van der Waals surface area contributed by atoms with E-state index in [0.717, 1.165) is 25.0 Å². The Kier molecular flexibility index (Phi) is 6.07. The van der Waals surface area contributed by atoms with Crippen molar-refractivity contribution < 1.29 is 18.4 Å². The molecule has 6 heteroatoms. The molecule has 1 aliphatic rings.